The molecule has 0 radical (unpaired) electrons. The minimum Gasteiger partial charge on any atom is -0.0888 e. The van der Waals surface area contributed by atoms with Crippen LogP contribution >= 0.6 is 0 Å². The summed E-state index contributed by atoms with van der Waals surface area (Å²) in [6.07, 6.45) is 5.51. The van der Waals surface area contributed by atoms with E-state index in [1.165, 1.54) is 33.0 Å². The first-order valence-corrected chi connectivity index (χ1v) is 7.69. The summed E-state index contributed by atoms with van der Waals surface area (Å²) < 4.78 is 0. The van der Waals surface area contributed by atoms with E-state index in [1.54, 1.807) is 0 Å². The van der Waals surface area contributed by atoms with Crippen LogP contribution in [0.4, 0.5) is 0 Å². The zero-order chi connectivity index (χ0) is 13.7. The fraction of sp³-hybridized carbons (Fsp3) is 1.00. The second-order valence-electron chi connectivity index (χ2n) is 7.33. The van der Waals surface area contributed by atoms with E-state index in [9.17, 15) is 0 Å². The Hall–Kier alpha value is 0.0649. The first-order valence-electron chi connectivity index (χ1n) is 7.69. The van der Waals surface area contributed by atoms with E-state index in [0.29, 0.717) is 10.7 Å². The molecule has 0 nitrogen and oxygen atoms in total. The van der Waals surface area contributed by atoms with Gasteiger partial charge in [0.1, 0.15) is 7.28 Å². The molecule has 0 amide bonds. The van der Waals surface area contributed by atoms with Crippen molar-refractivity contribution >= 4 is 7.28 Å². The van der Waals surface area contributed by atoms with E-state index in [-0.39, 0.29) is 0 Å². The molecule has 1 heteroatoms. The molecule has 0 aliphatic rings. The van der Waals surface area contributed by atoms with Gasteiger partial charge < -0.3 is 0 Å². The lowest BCUT2D eigenvalue weighted by molar-refractivity contribution is 0.146. The maximum atomic E-state index is 2.46. The van der Waals surface area contributed by atoms with Crippen LogP contribution in [0.15, 0.2) is 0 Å². The molecular weight excluding hydrogens is 203 g/mol. The van der Waals surface area contributed by atoms with E-state index in [1.807, 2.05) is 0 Å². The van der Waals surface area contributed by atoms with Gasteiger partial charge in [-0.15, -0.1) is 0 Å². The molecule has 17 heavy (non-hydrogen) atoms. The number of hydrogen-bond acceptors (Lipinski definition) is 0. The van der Waals surface area contributed by atoms with Crippen molar-refractivity contribution < 1.29 is 0 Å². The molecular formula is C16H35B. The molecule has 0 heterocycles. The van der Waals surface area contributed by atoms with Gasteiger partial charge in [0.25, 0.3) is 0 Å². The van der Waals surface area contributed by atoms with Crippen LogP contribution in [0.5, 0.6) is 0 Å². The Balaban J connectivity index is 4.34. The Bertz CT molecular complexity index is 206. The number of hydrogen-bond donors (Lipinski definition) is 0. The molecule has 2 unspecified atom stereocenters. The molecule has 0 spiro atoms. The largest absolute Gasteiger partial charge is 0.124 e. The zero-order valence-electron chi connectivity index (χ0n) is 13.7. The summed E-state index contributed by atoms with van der Waals surface area (Å²) in [5.41, 5.74) is 0.438. The Morgan fingerprint density at radius 3 is 1.88 bits per heavy atom. The van der Waals surface area contributed by atoms with Gasteiger partial charge in [0, 0.05) is 0 Å². The van der Waals surface area contributed by atoms with Crippen molar-refractivity contribution in [1.82, 2.24) is 0 Å². The van der Waals surface area contributed by atoms with Gasteiger partial charge in [0.15, 0.2) is 0 Å². The molecule has 0 fully saturated rings. The van der Waals surface area contributed by atoms with Crippen LogP contribution in [0.1, 0.15) is 74.1 Å². The highest BCUT2D eigenvalue weighted by atomic mass is 14.4. The van der Waals surface area contributed by atoms with Crippen LogP contribution in [0.25, 0.3) is 0 Å². The van der Waals surface area contributed by atoms with Gasteiger partial charge in [-0.25, -0.2) is 0 Å². The molecule has 102 valence electrons. The Kier molecular flexibility index (Phi) is 6.88. The third-order valence-corrected chi connectivity index (χ3v) is 5.73. The second kappa shape index (κ2) is 6.85. The number of rotatable bonds is 8. The van der Waals surface area contributed by atoms with Crippen LogP contribution in [0.2, 0.25) is 12.1 Å². The van der Waals surface area contributed by atoms with Gasteiger partial charge >= 0.3 is 0 Å². The molecule has 0 saturated heterocycles. The minimum absolute atomic E-state index is 0.438. The Morgan fingerprint density at radius 1 is 0.941 bits per heavy atom. The van der Waals surface area contributed by atoms with E-state index in [2.05, 4.69) is 55.3 Å². The lowest BCUT2D eigenvalue weighted by Crippen LogP contribution is -2.36. The summed E-state index contributed by atoms with van der Waals surface area (Å²) >= 11 is 0. The summed E-state index contributed by atoms with van der Waals surface area (Å²) in [6.45, 7) is 19.3. The topological polar surface area (TPSA) is 0 Å². The highest BCUT2D eigenvalue weighted by Crippen LogP contribution is 2.50. The molecule has 0 aliphatic carbocycles. The lowest BCUT2D eigenvalue weighted by Gasteiger charge is -2.46. The summed E-state index contributed by atoms with van der Waals surface area (Å²) in [5, 5.41) is 0.445. The third-order valence-electron chi connectivity index (χ3n) is 5.73. The fourth-order valence-electron chi connectivity index (χ4n) is 2.66. The summed E-state index contributed by atoms with van der Waals surface area (Å²) in [4.78, 5) is 0. The van der Waals surface area contributed by atoms with Crippen molar-refractivity contribution in [1.29, 1.82) is 0 Å². The van der Waals surface area contributed by atoms with Crippen molar-refractivity contribution in [2.24, 2.45) is 17.3 Å². The van der Waals surface area contributed by atoms with Gasteiger partial charge in [0.2, 0.25) is 0 Å². The predicted octanol–water partition coefficient (Wildman–Crippen LogP) is 5.55. The van der Waals surface area contributed by atoms with E-state index in [4.69, 9.17) is 0 Å². The zero-order valence-corrected chi connectivity index (χ0v) is 13.7. The smallest absolute Gasteiger partial charge is 0.0888 e. The normalized spacial score (nSPS) is 16.7. The molecule has 0 bridgehead atoms. The van der Waals surface area contributed by atoms with Crippen LogP contribution in [0, 0.1) is 17.3 Å². The van der Waals surface area contributed by atoms with Crippen molar-refractivity contribution in [2.75, 3.05) is 0 Å². The summed E-state index contributed by atoms with van der Waals surface area (Å²) in [5.74, 6) is 1.72. The maximum absolute atomic E-state index is 2.46. The summed E-state index contributed by atoms with van der Waals surface area (Å²) in [6, 6.07) is 0. The molecule has 0 aromatic rings. The molecule has 0 aromatic carbocycles. The Morgan fingerprint density at radius 2 is 1.47 bits per heavy atom. The van der Waals surface area contributed by atoms with Crippen molar-refractivity contribution in [2.45, 2.75) is 86.3 Å². The Labute approximate surface area is 111 Å². The van der Waals surface area contributed by atoms with Gasteiger partial charge in [-0.1, -0.05) is 79.9 Å². The molecule has 0 N–H and O–H groups in total. The highest BCUT2D eigenvalue weighted by molar-refractivity contribution is 6.38. The van der Waals surface area contributed by atoms with Gasteiger partial charge in [0.05, 0.1) is 0 Å². The second-order valence-corrected chi connectivity index (χ2v) is 7.33. The van der Waals surface area contributed by atoms with Crippen molar-refractivity contribution in [3.63, 3.8) is 0 Å². The van der Waals surface area contributed by atoms with Crippen molar-refractivity contribution in [3.8, 4) is 0 Å². The first kappa shape index (κ1) is 17.1. The maximum Gasteiger partial charge on any atom is 0.124 e. The molecule has 0 saturated carbocycles. The molecule has 0 rings (SSSR count). The van der Waals surface area contributed by atoms with Crippen LogP contribution in [0.3, 0.4) is 0 Å². The fourth-order valence-corrected chi connectivity index (χ4v) is 2.66. The highest BCUT2D eigenvalue weighted by Gasteiger charge is 2.39. The van der Waals surface area contributed by atoms with Crippen LogP contribution in [-0.2, 0) is 0 Å². The summed E-state index contributed by atoms with van der Waals surface area (Å²) in [7, 11) is 1.27. The average molecular weight is 238 g/mol. The van der Waals surface area contributed by atoms with Gasteiger partial charge in [-0.2, -0.15) is 0 Å². The lowest BCUT2D eigenvalue weighted by atomic mass is 9.43. The average Bonchev–Trinajstić information content (AvgIpc) is 2.25. The van der Waals surface area contributed by atoms with Crippen LogP contribution < -0.4 is 0 Å². The molecule has 2 atom stereocenters. The van der Waals surface area contributed by atoms with Crippen molar-refractivity contribution in [3.05, 3.63) is 0 Å². The quantitative estimate of drug-likeness (QED) is 0.486. The minimum atomic E-state index is 0.438. The first-order chi connectivity index (χ1) is 7.69. The van der Waals surface area contributed by atoms with E-state index >= 15 is 0 Å². The van der Waals surface area contributed by atoms with Crippen LogP contribution in [-0.4, -0.2) is 7.28 Å². The van der Waals surface area contributed by atoms with E-state index in [0.717, 1.165) is 11.8 Å². The molecule has 0 aromatic heterocycles. The van der Waals surface area contributed by atoms with E-state index < -0.39 is 0 Å². The third kappa shape index (κ3) is 4.68. The predicted molar refractivity (Wildman–Crippen MR) is 83.3 cm³/mol. The molecule has 0 aliphatic heterocycles. The monoisotopic (exact) mass is 238 g/mol. The standard InChI is InChI=1S/C16H35B/c1-9-10-13(2)11-12-14(3)15(4,5)16(6,7)17-8/h13-14,17H,9-12H2,1-8H3. The SMILES string of the molecule is CBC(C)(C)C(C)(C)C(C)CCC(C)CCC. The van der Waals surface area contributed by atoms with Gasteiger partial charge in [-0.05, 0) is 23.7 Å². The van der Waals surface area contributed by atoms with Gasteiger partial charge in [-0.3, -0.25) is 0 Å².